The molecular formula is C18H21ClINO2. The molecule has 23 heavy (non-hydrogen) atoms. The highest BCUT2D eigenvalue weighted by molar-refractivity contribution is 14.1. The van der Waals surface area contributed by atoms with E-state index in [1.54, 1.807) is 0 Å². The SMILES string of the molecule is COC(=O)[C@H]1[C@@H](c2ccc(Cl)cc2)C[C@H]2CC[C@@H]1N2C/C=C/I. The number of benzene rings is 1. The van der Waals surface area contributed by atoms with Gasteiger partial charge in [-0.25, -0.2) is 0 Å². The average Bonchev–Trinajstić information content (AvgIpc) is 2.84. The van der Waals surface area contributed by atoms with Crippen molar-refractivity contribution in [2.75, 3.05) is 13.7 Å². The Kier molecular flexibility index (Phi) is 5.65. The van der Waals surface area contributed by atoms with Crippen molar-refractivity contribution in [2.24, 2.45) is 5.92 Å². The van der Waals surface area contributed by atoms with Gasteiger partial charge in [0.25, 0.3) is 0 Å². The summed E-state index contributed by atoms with van der Waals surface area (Å²) in [5.41, 5.74) is 1.20. The van der Waals surface area contributed by atoms with Crippen molar-refractivity contribution < 1.29 is 9.53 Å². The number of fused-ring (bicyclic) bond motifs is 2. The number of ether oxygens (including phenoxy) is 1. The molecule has 0 spiro atoms. The van der Waals surface area contributed by atoms with Crippen LogP contribution in [-0.2, 0) is 9.53 Å². The van der Waals surface area contributed by atoms with E-state index in [1.807, 2.05) is 12.1 Å². The van der Waals surface area contributed by atoms with E-state index in [0.29, 0.717) is 6.04 Å². The van der Waals surface area contributed by atoms with Crippen molar-refractivity contribution in [1.29, 1.82) is 0 Å². The molecular weight excluding hydrogens is 425 g/mol. The molecule has 2 aliphatic rings. The summed E-state index contributed by atoms with van der Waals surface area (Å²) >= 11 is 8.27. The molecule has 3 nitrogen and oxygen atoms in total. The molecule has 2 aliphatic heterocycles. The molecule has 0 N–H and O–H groups in total. The van der Waals surface area contributed by atoms with E-state index >= 15 is 0 Å². The van der Waals surface area contributed by atoms with Crippen LogP contribution in [0.4, 0.5) is 0 Å². The van der Waals surface area contributed by atoms with Crippen molar-refractivity contribution in [2.45, 2.75) is 37.3 Å². The molecule has 2 fully saturated rings. The van der Waals surface area contributed by atoms with Crippen LogP contribution in [-0.4, -0.2) is 36.6 Å². The number of rotatable bonds is 4. The number of piperidine rings is 1. The minimum atomic E-state index is -0.0949. The molecule has 2 bridgehead atoms. The number of esters is 1. The lowest BCUT2D eigenvalue weighted by Gasteiger charge is -2.43. The van der Waals surface area contributed by atoms with Crippen molar-refractivity contribution >= 4 is 40.2 Å². The molecule has 0 amide bonds. The predicted molar refractivity (Wildman–Crippen MR) is 101 cm³/mol. The normalized spacial score (nSPS) is 30.7. The van der Waals surface area contributed by atoms with Crippen LogP contribution in [0.25, 0.3) is 0 Å². The Morgan fingerprint density at radius 2 is 2.13 bits per heavy atom. The zero-order chi connectivity index (χ0) is 16.4. The highest BCUT2D eigenvalue weighted by Gasteiger charge is 2.50. The second-order valence-electron chi connectivity index (χ2n) is 6.30. The molecule has 0 unspecified atom stereocenters. The van der Waals surface area contributed by atoms with Gasteiger partial charge in [-0.2, -0.15) is 0 Å². The Bertz CT molecular complexity index is 589. The quantitative estimate of drug-likeness (QED) is 0.508. The van der Waals surface area contributed by atoms with Gasteiger partial charge in [0.05, 0.1) is 13.0 Å². The fourth-order valence-electron chi connectivity index (χ4n) is 4.27. The zero-order valence-electron chi connectivity index (χ0n) is 13.1. The van der Waals surface area contributed by atoms with Crippen molar-refractivity contribution in [1.82, 2.24) is 4.90 Å². The van der Waals surface area contributed by atoms with Gasteiger partial charge in [0, 0.05) is 29.6 Å². The standard InChI is InChI=1S/C18H21ClINO2/c1-23-18(22)17-15(12-3-5-13(19)6-4-12)11-14-7-8-16(17)21(14)10-2-9-20/h2-6,9,14-17H,7-8,10-11H2,1H3/b9-2+/t14-,15-,16+,17+/m1/s1. The van der Waals surface area contributed by atoms with E-state index in [9.17, 15) is 4.79 Å². The fraction of sp³-hybridized carbons (Fsp3) is 0.500. The summed E-state index contributed by atoms with van der Waals surface area (Å²) in [7, 11) is 1.50. The third kappa shape index (κ3) is 3.44. The monoisotopic (exact) mass is 445 g/mol. The van der Waals surface area contributed by atoms with Gasteiger partial charge < -0.3 is 4.74 Å². The summed E-state index contributed by atoms with van der Waals surface area (Å²) in [6, 6.07) is 8.77. The van der Waals surface area contributed by atoms with Gasteiger partial charge in [-0.1, -0.05) is 52.4 Å². The Morgan fingerprint density at radius 3 is 2.78 bits per heavy atom. The molecule has 1 aromatic rings. The summed E-state index contributed by atoms with van der Waals surface area (Å²) in [6.07, 6.45) is 5.41. The second-order valence-corrected chi connectivity index (χ2v) is 7.46. The Hall–Kier alpha value is -0.590. The Labute approximate surface area is 156 Å². The zero-order valence-corrected chi connectivity index (χ0v) is 16.0. The first-order valence-corrected chi connectivity index (χ1v) is 9.62. The van der Waals surface area contributed by atoms with E-state index in [4.69, 9.17) is 16.3 Å². The van der Waals surface area contributed by atoms with Gasteiger partial charge in [0.1, 0.15) is 0 Å². The van der Waals surface area contributed by atoms with Crippen molar-refractivity contribution in [3.05, 3.63) is 45.0 Å². The molecule has 0 aromatic heterocycles. The fourth-order valence-corrected chi connectivity index (χ4v) is 4.62. The van der Waals surface area contributed by atoms with Gasteiger partial charge in [-0.15, -0.1) is 0 Å². The van der Waals surface area contributed by atoms with Crippen LogP contribution in [0.1, 0.15) is 30.7 Å². The Balaban J connectivity index is 1.91. The molecule has 4 atom stereocenters. The van der Waals surface area contributed by atoms with E-state index in [-0.39, 0.29) is 23.8 Å². The van der Waals surface area contributed by atoms with Gasteiger partial charge in [0.15, 0.2) is 0 Å². The van der Waals surface area contributed by atoms with E-state index in [0.717, 1.165) is 30.8 Å². The van der Waals surface area contributed by atoms with Crippen LogP contribution in [0.3, 0.4) is 0 Å². The number of hydrogen-bond donors (Lipinski definition) is 0. The third-order valence-corrected chi connectivity index (χ3v) is 6.00. The van der Waals surface area contributed by atoms with E-state index < -0.39 is 0 Å². The molecule has 2 heterocycles. The lowest BCUT2D eigenvalue weighted by molar-refractivity contribution is -0.150. The number of hydrogen-bond acceptors (Lipinski definition) is 3. The smallest absolute Gasteiger partial charge is 0.310 e. The average molecular weight is 446 g/mol. The van der Waals surface area contributed by atoms with Crippen molar-refractivity contribution in [3.63, 3.8) is 0 Å². The molecule has 0 aliphatic carbocycles. The summed E-state index contributed by atoms with van der Waals surface area (Å²) in [4.78, 5) is 15.0. The van der Waals surface area contributed by atoms with Gasteiger partial charge in [-0.05, 0) is 41.0 Å². The summed E-state index contributed by atoms with van der Waals surface area (Å²) in [5, 5.41) is 0.732. The number of carbonyl (C=O) groups is 1. The molecule has 1 aromatic carbocycles. The first kappa shape index (κ1) is 17.2. The summed E-state index contributed by atoms with van der Waals surface area (Å²) < 4.78 is 7.21. The molecule has 3 rings (SSSR count). The number of carbonyl (C=O) groups excluding carboxylic acids is 1. The first-order chi connectivity index (χ1) is 11.2. The summed E-state index contributed by atoms with van der Waals surface area (Å²) in [6.45, 7) is 0.916. The lowest BCUT2D eigenvalue weighted by Crippen LogP contribution is -2.50. The van der Waals surface area contributed by atoms with Gasteiger partial charge in [0.2, 0.25) is 0 Å². The minimum Gasteiger partial charge on any atom is -0.469 e. The maximum absolute atomic E-state index is 12.5. The number of nitrogens with zero attached hydrogens (tertiary/aromatic N) is 1. The number of methoxy groups -OCH3 is 1. The van der Waals surface area contributed by atoms with Crippen LogP contribution in [0.15, 0.2) is 34.4 Å². The third-order valence-electron chi connectivity index (χ3n) is 5.24. The van der Waals surface area contributed by atoms with Gasteiger partial charge >= 0.3 is 5.97 Å². The van der Waals surface area contributed by atoms with Crippen molar-refractivity contribution in [3.8, 4) is 0 Å². The molecule has 5 heteroatoms. The topological polar surface area (TPSA) is 29.5 Å². The maximum Gasteiger partial charge on any atom is 0.310 e. The predicted octanol–water partition coefficient (Wildman–Crippen LogP) is 4.40. The molecule has 0 saturated carbocycles. The lowest BCUT2D eigenvalue weighted by atomic mass is 9.76. The van der Waals surface area contributed by atoms with Crippen LogP contribution in [0.5, 0.6) is 0 Å². The number of halogens is 2. The van der Waals surface area contributed by atoms with Crippen LogP contribution in [0.2, 0.25) is 5.02 Å². The van der Waals surface area contributed by atoms with E-state index in [1.165, 1.54) is 12.7 Å². The van der Waals surface area contributed by atoms with E-state index in [2.05, 4.69) is 49.8 Å². The maximum atomic E-state index is 12.5. The molecule has 124 valence electrons. The molecule has 2 saturated heterocycles. The summed E-state index contributed by atoms with van der Waals surface area (Å²) in [5.74, 6) is 0.0401. The largest absolute Gasteiger partial charge is 0.469 e. The van der Waals surface area contributed by atoms with Crippen LogP contribution in [0, 0.1) is 5.92 Å². The van der Waals surface area contributed by atoms with Crippen LogP contribution < -0.4 is 0 Å². The Morgan fingerprint density at radius 1 is 1.39 bits per heavy atom. The van der Waals surface area contributed by atoms with Crippen LogP contribution >= 0.6 is 34.2 Å². The molecule has 0 radical (unpaired) electrons. The highest BCUT2D eigenvalue weighted by atomic mass is 127. The second kappa shape index (κ2) is 7.53. The highest BCUT2D eigenvalue weighted by Crippen LogP contribution is 2.47. The first-order valence-electron chi connectivity index (χ1n) is 8.00. The van der Waals surface area contributed by atoms with Gasteiger partial charge in [-0.3, -0.25) is 9.69 Å². The minimum absolute atomic E-state index is 0.0845.